The fourth-order valence-electron chi connectivity index (χ4n) is 7.95. The lowest BCUT2D eigenvalue weighted by Gasteiger charge is -2.61. The summed E-state index contributed by atoms with van der Waals surface area (Å²) in [5.74, 6) is 1.79. The van der Waals surface area contributed by atoms with E-state index in [4.69, 9.17) is 4.74 Å². The molecular formula is C26H42O3. The van der Waals surface area contributed by atoms with Crippen LogP contribution in [0.4, 0.5) is 0 Å². The molecule has 0 radical (unpaired) electrons. The van der Waals surface area contributed by atoms with Crippen LogP contribution in [0.15, 0.2) is 11.6 Å². The number of unbranched alkanes of at least 4 members (excludes halogenated alkanes) is 3. The van der Waals surface area contributed by atoms with E-state index in [2.05, 4.69) is 27.7 Å². The average molecular weight is 403 g/mol. The number of rotatable bonds is 6. The molecular weight excluding hydrogens is 360 g/mol. The van der Waals surface area contributed by atoms with Crippen molar-refractivity contribution >= 4 is 5.78 Å². The number of ether oxygens (including phenoxy) is 1. The first-order valence-electron chi connectivity index (χ1n) is 12.3. The minimum absolute atomic E-state index is 0.0115. The number of aliphatic hydroxyl groups excluding tert-OH is 1. The lowest BCUT2D eigenvalue weighted by atomic mass is 9.45. The molecule has 164 valence electrons. The van der Waals surface area contributed by atoms with Crippen LogP contribution in [0.2, 0.25) is 0 Å². The van der Waals surface area contributed by atoms with Crippen LogP contribution in [0.5, 0.6) is 0 Å². The summed E-state index contributed by atoms with van der Waals surface area (Å²) in [6.07, 6.45) is 13.5. The molecule has 0 spiro atoms. The van der Waals surface area contributed by atoms with Crippen LogP contribution in [0.3, 0.4) is 0 Å². The van der Waals surface area contributed by atoms with Gasteiger partial charge in [-0.05, 0) is 81.1 Å². The van der Waals surface area contributed by atoms with Gasteiger partial charge in [0.1, 0.15) is 0 Å². The van der Waals surface area contributed by atoms with Crippen LogP contribution in [0.1, 0.15) is 98.3 Å². The fraction of sp³-hybridized carbons (Fsp3) is 0.885. The molecule has 0 amide bonds. The van der Waals surface area contributed by atoms with E-state index >= 15 is 0 Å². The summed E-state index contributed by atoms with van der Waals surface area (Å²) in [4.78, 5) is 12.0. The van der Waals surface area contributed by atoms with E-state index in [1.165, 1.54) is 31.3 Å². The van der Waals surface area contributed by atoms with Gasteiger partial charge in [0.15, 0.2) is 5.78 Å². The molecule has 0 aromatic carbocycles. The normalized spacial score (nSPS) is 46.7. The van der Waals surface area contributed by atoms with E-state index in [-0.39, 0.29) is 28.3 Å². The van der Waals surface area contributed by atoms with Crippen molar-refractivity contribution in [3.63, 3.8) is 0 Å². The standard InChI is InChI=1S/C26H42O3/c1-5-6-7-8-15-29-26(4)14-12-21-20-10-9-18-16-19(27)11-13-24(18,2)23(20)22(28)17-25(21,26)3/h16,20-23,28H,5-15,17H2,1-4H3/t20?,21?,22?,23?,24?,25?,26-/m0/s1. The van der Waals surface area contributed by atoms with Crippen LogP contribution in [0, 0.1) is 28.6 Å². The van der Waals surface area contributed by atoms with Gasteiger partial charge in [0.25, 0.3) is 0 Å². The maximum Gasteiger partial charge on any atom is 0.155 e. The predicted molar refractivity (Wildman–Crippen MR) is 117 cm³/mol. The van der Waals surface area contributed by atoms with Crippen molar-refractivity contribution in [1.29, 1.82) is 0 Å². The van der Waals surface area contributed by atoms with Crippen LogP contribution in [0.25, 0.3) is 0 Å². The van der Waals surface area contributed by atoms with Crippen molar-refractivity contribution < 1.29 is 14.6 Å². The second-order valence-electron chi connectivity index (χ2n) is 11.3. The fourth-order valence-corrected chi connectivity index (χ4v) is 7.95. The molecule has 3 fully saturated rings. The Morgan fingerprint density at radius 3 is 2.66 bits per heavy atom. The van der Waals surface area contributed by atoms with E-state index in [0.29, 0.717) is 24.2 Å². The monoisotopic (exact) mass is 402 g/mol. The summed E-state index contributed by atoms with van der Waals surface area (Å²) in [5.41, 5.74) is 1.28. The van der Waals surface area contributed by atoms with Crippen LogP contribution >= 0.6 is 0 Å². The van der Waals surface area contributed by atoms with Gasteiger partial charge in [0, 0.05) is 18.4 Å². The second-order valence-corrected chi connectivity index (χ2v) is 11.3. The van der Waals surface area contributed by atoms with Crippen LogP contribution < -0.4 is 0 Å². The quantitative estimate of drug-likeness (QED) is 0.567. The number of hydrogen-bond donors (Lipinski definition) is 1. The molecule has 7 atom stereocenters. The third kappa shape index (κ3) is 3.35. The Bertz CT molecular complexity index is 669. The first kappa shape index (κ1) is 21.6. The Balaban J connectivity index is 1.54. The zero-order valence-electron chi connectivity index (χ0n) is 19.1. The van der Waals surface area contributed by atoms with Crippen molar-refractivity contribution in [3.8, 4) is 0 Å². The molecule has 0 aliphatic heterocycles. The Morgan fingerprint density at radius 1 is 1.10 bits per heavy atom. The van der Waals surface area contributed by atoms with E-state index < -0.39 is 0 Å². The van der Waals surface area contributed by atoms with Crippen LogP contribution in [-0.4, -0.2) is 29.2 Å². The molecule has 3 saturated carbocycles. The average Bonchev–Trinajstić information content (AvgIpc) is 2.93. The second kappa shape index (κ2) is 7.79. The lowest BCUT2D eigenvalue weighted by molar-refractivity contribution is -0.184. The van der Waals surface area contributed by atoms with E-state index in [9.17, 15) is 9.90 Å². The number of carbonyl (C=O) groups excluding carboxylic acids is 1. The van der Waals surface area contributed by atoms with Crippen molar-refractivity contribution in [2.24, 2.45) is 28.6 Å². The first-order valence-corrected chi connectivity index (χ1v) is 12.3. The SMILES string of the molecule is CCCCCCO[C@@]1(C)CCC2C3CCC4=CC(=O)CCC4(C)C3C(O)CC21C. The largest absolute Gasteiger partial charge is 0.393 e. The Labute approximate surface area is 177 Å². The smallest absolute Gasteiger partial charge is 0.155 e. The van der Waals surface area contributed by atoms with Crippen molar-refractivity contribution in [2.75, 3.05) is 6.61 Å². The van der Waals surface area contributed by atoms with Gasteiger partial charge in [-0.1, -0.05) is 45.6 Å². The number of aliphatic hydroxyl groups is 1. The molecule has 3 heteroatoms. The van der Waals surface area contributed by atoms with Crippen molar-refractivity contribution in [3.05, 3.63) is 11.6 Å². The Kier molecular flexibility index (Phi) is 5.79. The number of ketones is 1. The summed E-state index contributed by atoms with van der Waals surface area (Å²) in [5, 5.41) is 11.5. The molecule has 4 aliphatic carbocycles. The predicted octanol–water partition coefficient (Wildman–Crippen LogP) is 5.84. The molecule has 0 bridgehead atoms. The van der Waals surface area contributed by atoms with E-state index in [1.54, 1.807) is 0 Å². The van der Waals surface area contributed by atoms with Crippen LogP contribution in [-0.2, 0) is 9.53 Å². The van der Waals surface area contributed by atoms with Gasteiger partial charge in [-0.15, -0.1) is 0 Å². The minimum Gasteiger partial charge on any atom is -0.393 e. The summed E-state index contributed by atoms with van der Waals surface area (Å²) in [7, 11) is 0. The molecule has 4 aliphatic rings. The Morgan fingerprint density at radius 2 is 1.90 bits per heavy atom. The van der Waals surface area contributed by atoms with Gasteiger partial charge in [-0.3, -0.25) is 4.79 Å². The van der Waals surface area contributed by atoms with E-state index in [0.717, 1.165) is 45.1 Å². The zero-order chi connectivity index (χ0) is 20.9. The molecule has 3 nitrogen and oxygen atoms in total. The van der Waals surface area contributed by atoms with Gasteiger partial charge in [0.05, 0.1) is 11.7 Å². The maximum absolute atomic E-state index is 12.0. The first-order chi connectivity index (χ1) is 13.7. The number of hydrogen-bond acceptors (Lipinski definition) is 3. The number of fused-ring (bicyclic) bond motifs is 5. The summed E-state index contributed by atoms with van der Waals surface area (Å²) >= 11 is 0. The van der Waals surface area contributed by atoms with Gasteiger partial charge in [-0.25, -0.2) is 0 Å². The molecule has 0 heterocycles. The maximum atomic E-state index is 12.0. The molecule has 4 rings (SSSR count). The zero-order valence-corrected chi connectivity index (χ0v) is 19.1. The Hall–Kier alpha value is -0.670. The third-order valence-corrected chi connectivity index (χ3v) is 9.85. The summed E-state index contributed by atoms with van der Waals surface area (Å²) < 4.78 is 6.62. The molecule has 0 saturated heterocycles. The van der Waals surface area contributed by atoms with Gasteiger partial charge >= 0.3 is 0 Å². The van der Waals surface area contributed by atoms with E-state index in [1.807, 2.05) is 6.08 Å². The number of carbonyl (C=O) groups is 1. The lowest BCUT2D eigenvalue weighted by Crippen LogP contribution is -2.59. The summed E-state index contributed by atoms with van der Waals surface area (Å²) in [6.45, 7) is 10.2. The number of allylic oxidation sites excluding steroid dienone is 1. The molecule has 6 unspecified atom stereocenters. The van der Waals surface area contributed by atoms with Gasteiger partial charge < -0.3 is 9.84 Å². The highest BCUT2D eigenvalue weighted by molar-refractivity contribution is 5.91. The minimum atomic E-state index is -0.288. The highest BCUT2D eigenvalue weighted by Gasteiger charge is 2.65. The highest BCUT2D eigenvalue weighted by atomic mass is 16.5. The summed E-state index contributed by atoms with van der Waals surface area (Å²) in [6, 6.07) is 0. The molecule has 0 aromatic heterocycles. The topological polar surface area (TPSA) is 46.5 Å². The van der Waals surface area contributed by atoms with Crippen molar-refractivity contribution in [2.45, 2.75) is 110 Å². The highest BCUT2D eigenvalue weighted by Crippen LogP contribution is 2.68. The van der Waals surface area contributed by atoms with Gasteiger partial charge in [-0.2, -0.15) is 0 Å². The molecule has 1 N–H and O–H groups in total. The van der Waals surface area contributed by atoms with Crippen molar-refractivity contribution in [1.82, 2.24) is 0 Å². The molecule has 29 heavy (non-hydrogen) atoms. The van der Waals surface area contributed by atoms with Gasteiger partial charge in [0.2, 0.25) is 0 Å². The molecule has 0 aromatic rings. The third-order valence-electron chi connectivity index (χ3n) is 9.85.